The average Bonchev–Trinajstić information content (AvgIpc) is 2.41. The van der Waals surface area contributed by atoms with E-state index in [0.717, 1.165) is 22.1 Å². The van der Waals surface area contributed by atoms with Gasteiger partial charge in [0.1, 0.15) is 5.82 Å². The maximum absolute atomic E-state index is 13.3. The van der Waals surface area contributed by atoms with Gasteiger partial charge in [-0.1, -0.05) is 0 Å². The van der Waals surface area contributed by atoms with E-state index in [-0.39, 0.29) is 5.82 Å². The highest BCUT2D eigenvalue weighted by Gasteiger charge is 2.03. The molecule has 2 heterocycles. The van der Waals surface area contributed by atoms with Crippen molar-refractivity contribution < 1.29 is 4.39 Å². The molecule has 88 valence electrons. The van der Waals surface area contributed by atoms with E-state index in [9.17, 15) is 4.39 Å². The van der Waals surface area contributed by atoms with Crippen molar-refractivity contribution >= 4 is 22.1 Å². The summed E-state index contributed by atoms with van der Waals surface area (Å²) in [5.74, 6) is -0.258. The van der Waals surface area contributed by atoms with Crippen LogP contribution in [-0.4, -0.2) is 9.97 Å². The Morgan fingerprint density at radius 2 is 1.78 bits per heavy atom. The average molecular weight is 239 g/mol. The van der Waals surface area contributed by atoms with Crippen molar-refractivity contribution in [1.29, 1.82) is 0 Å². The van der Waals surface area contributed by atoms with Crippen molar-refractivity contribution in [3.8, 4) is 0 Å². The molecule has 4 heteroatoms. The Morgan fingerprint density at radius 1 is 0.944 bits per heavy atom. The van der Waals surface area contributed by atoms with Gasteiger partial charge in [-0.05, 0) is 30.3 Å². The second kappa shape index (κ2) is 4.41. The number of pyridine rings is 2. The quantitative estimate of drug-likeness (QED) is 0.743. The van der Waals surface area contributed by atoms with Crippen LogP contribution in [0, 0.1) is 5.82 Å². The van der Waals surface area contributed by atoms with E-state index in [1.165, 1.54) is 12.1 Å². The van der Waals surface area contributed by atoms with Crippen LogP contribution in [0.1, 0.15) is 0 Å². The summed E-state index contributed by atoms with van der Waals surface area (Å²) in [4.78, 5) is 8.09. The number of anilines is 2. The SMILES string of the molecule is Fc1ccc2cncc(Nc3ccncc3)c2c1. The second-order valence-electron chi connectivity index (χ2n) is 3.91. The molecular weight excluding hydrogens is 229 g/mol. The third kappa shape index (κ3) is 2.00. The molecule has 0 aliphatic heterocycles. The third-order valence-electron chi connectivity index (χ3n) is 2.68. The molecule has 2 aromatic heterocycles. The molecule has 0 bridgehead atoms. The van der Waals surface area contributed by atoms with Crippen LogP contribution in [0.15, 0.2) is 55.1 Å². The lowest BCUT2D eigenvalue weighted by Crippen LogP contribution is -1.93. The first kappa shape index (κ1) is 10.7. The Hall–Kier alpha value is -2.49. The highest BCUT2D eigenvalue weighted by molar-refractivity contribution is 5.94. The number of benzene rings is 1. The standard InChI is InChI=1S/C14H10FN3/c15-11-2-1-10-8-17-9-14(13(10)7-11)18-12-3-5-16-6-4-12/h1-9H,(H,16,18). The minimum absolute atomic E-state index is 0.258. The van der Waals surface area contributed by atoms with Gasteiger partial charge < -0.3 is 5.32 Å². The maximum atomic E-state index is 13.3. The molecule has 0 radical (unpaired) electrons. The van der Waals surface area contributed by atoms with Crippen LogP contribution in [0.25, 0.3) is 10.8 Å². The first-order valence-corrected chi connectivity index (χ1v) is 5.53. The molecule has 0 atom stereocenters. The van der Waals surface area contributed by atoms with Crippen LogP contribution in [-0.2, 0) is 0 Å². The summed E-state index contributed by atoms with van der Waals surface area (Å²) in [7, 11) is 0. The van der Waals surface area contributed by atoms with Gasteiger partial charge in [-0.3, -0.25) is 9.97 Å². The normalized spacial score (nSPS) is 10.5. The highest BCUT2D eigenvalue weighted by Crippen LogP contribution is 2.25. The summed E-state index contributed by atoms with van der Waals surface area (Å²) >= 11 is 0. The van der Waals surface area contributed by atoms with Crippen molar-refractivity contribution in [2.24, 2.45) is 0 Å². The Kier molecular flexibility index (Phi) is 2.61. The monoisotopic (exact) mass is 239 g/mol. The van der Waals surface area contributed by atoms with E-state index in [4.69, 9.17) is 0 Å². The van der Waals surface area contributed by atoms with E-state index in [1.807, 2.05) is 12.1 Å². The fraction of sp³-hybridized carbons (Fsp3) is 0. The first-order chi connectivity index (χ1) is 8.83. The molecule has 18 heavy (non-hydrogen) atoms. The van der Waals surface area contributed by atoms with Gasteiger partial charge in [0.25, 0.3) is 0 Å². The fourth-order valence-electron chi connectivity index (χ4n) is 1.83. The smallest absolute Gasteiger partial charge is 0.123 e. The Labute approximate surface area is 103 Å². The highest BCUT2D eigenvalue weighted by atomic mass is 19.1. The van der Waals surface area contributed by atoms with Crippen molar-refractivity contribution in [3.05, 3.63) is 60.9 Å². The number of nitrogens with zero attached hydrogens (tertiary/aromatic N) is 2. The molecule has 0 aliphatic carbocycles. The third-order valence-corrected chi connectivity index (χ3v) is 2.68. The Morgan fingerprint density at radius 3 is 2.61 bits per heavy atom. The summed E-state index contributed by atoms with van der Waals surface area (Å²) in [5.41, 5.74) is 1.67. The van der Waals surface area contributed by atoms with Gasteiger partial charge in [-0.25, -0.2) is 4.39 Å². The lowest BCUT2D eigenvalue weighted by atomic mass is 10.1. The number of hydrogen-bond acceptors (Lipinski definition) is 3. The summed E-state index contributed by atoms with van der Waals surface area (Å²) in [6.45, 7) is 0. The van der Waals surface area contributed by atoms with Gasteiger partial charge >= 0.3 is 0 Å². The fourth-order valence-corrected chi connectivity index (χ4v) is 1.83. The van der Waals surface area contributed by atoms with E-state index >= 15 is 0 Å². The Bertz CT molecular complexity index is 683. The molecule has 3 aromatic rings. The molecule has 0 saturated carbocycles. The van der Waals surface area contributed by atoms with Gasteiger partial charge in [0.05, 0.1) is 11.9 Å². The molecule has 1 aromatic carbocycles. The Balaban J connectivity index is 2.09. The van der Waals surface area contributed by atoms with E-state index in [0.29, 0.717) is 0 Å². The van der Waals surface area contributed by atoms with E-state index in [1.54, 1.807) is 30.9 Å². The molecule has 0 saturated heterocycles. The number of hydrogen-bond donors (Lipinski definition) is 1. The summed E-state index contributed by atoms with van der Waals surface area (Å²) in [6.07, 6.45) is 6.79. The number of nitrogens with one attached hydrogen (secondary N) is 1. The van der Waals surface area contributed by atoms with Crippen molar-refractivity contribution in [2.45, 2.75) is 0 Å². The zero-order valence-electron chi connectivity index (χ0n) is 9.47. The van der Waals surface area contributed by atoms with Gasteiger partial charge in [0, 0.05) is 35.1 Å². The summed E-state index contributed by atoms with van der Waals surface area (Å²) in [5, 5.41) is 4.91. The van der Waals surface area contributed by atoms with Gasteiger partial charge in [0.15, 0.2) is 0 Å². The number of aromatic nitrogens is 2. The van der Waals surface area contributed by atoms with Crippen LogP contribution in [0.2, 0.25) is 0 Å². The van der Waals surface area contributed by atoms with Gasteiger partial charge in [-0.2, -0.15) is 0 Å². The molecule has 0 unspecified atom stereocenters. The van der Waals surface area contributed by atoms with Crippen molar-refractivity contribution in [2.75, 3.05) is 5.32 Å². The molecule has 1 N–H and O–H groups in total. The van der Waals surface area contributed by atoms with Crippen LogP contribution in [0.3, 0.4) is 0 Å². The molecule has 0 fully saturated rings. The number of rotatable bonds is 2. The van der Waals surface area contributed by atoms with Crippen LogP contribution in [0.4, 0.5) is 15.8 Å². The van der Waals surface area contributed by atoms with Crippen LogP contribution >= 0.6 is 0 Å². The van der Waals surface area contributed by atoms with Gasteiger partial charge in [-0.15, -0.1) is 0 Å². The first-order valence-electron chi connectivity index (χ1n) is 5.53. The molecule has 0 amide bonds. The second-order valence-corrected chi connectivity index (χ2v) is 3.91. The van der Waals surface area contributed by atoms with Crippen LogP contribution < -0.4 is 5.32 Å². The zero-order valence-corrected chi connectivity index (χ0v) is 9.47. The minimum Gasteiger partial charge on any atom is -0.354 e. The lowest BCUT2D eigenvalue weighted by molar-refractivity contribution is 0.630. The lowest BCUT2D eigenvalue weighted by Gasteiger charge is -2.08. The molecular formula is C14H10FN3. The van der Waals surface area contributed by atoms with Crippen molar-refractivity contribution in [1.82, 2.24) is 9.97 Å². The van der Waals surface area contributed by atoms with Gasteiger partial charge in [0.2, 0.25) is 0 Å². The van der Waals surface area contributed by atoms with E-state index in [2.05, 4.69) is 15.3 Å². The number of halogens is 1. The minimum atomic E-state index is -0.258. The predicted molar refractivity (Wildman–Crippen MR) is 69.2 cm³/mol. The van der Waals surface area contributed by atoms with Crippen molar-refractivity contribution in [3.63, 3.8) is 0 Å². The van der Waals surface area contributed by atoms with Crippen LogP contribution in [0.5, 0.6) is 0 Å². The molecule has 0 spiro atoms. The summed E-state index contributed by atoms with van der Waals surface area (Å²) < 4.78 is 13.3. The maximum Gasteiger partial charge on any atom is 0.123 e. The van der Waals surface area contributed by atoms with E-state index < -0.39 is 0 Å². The zero-order chi connectivity index (χ0) is 12.4. The predicted octanol–water partition coefficient (Wildman–Crippen LogP) is 3.51. The molecule has 3 nitrogen and oxygen atoms in total. The topological polar surface area (TPSA) is 37.8 Å². The molecule has 3 rings (SSSR count). The number of fused-ring (bicyclic) bond motifs is 1. The summed E-state index contributed by atoms with van der Waals surface area (Å²) in [6, 6.07) is 8.34. The largest absolute Gasteiger partial charge is 0.354 e. The molecule has 0 aliphatic rings.